The van der Waals surface area contributed by atoms with Gasteiger partial charge >= 0.3 is 0 Å². The normalized spacial score (nSPS) is 10.2. The highest BCUT2D eigenvalue weighted by atomic mass is 16.5. The Morgan fingerprint density at radius 2 is 1.83 bits per heavy atom. The minimum Gasteiger partial charge on any atom is -0.497 e. The number of rotatable bonds is 8. The van der Waals surface area contributed by atoms with Crippen molar-refractivity contribution in [2.45, 2.75) is 13.3 Å². The number of carbonyl (C=O) groups is 2. The zero-order chi connectivity index (χ0) is 17.4. The first-order chi connectivity index (χ1) is 11.6. The molecule has 0 unspecified atom stereocenters. The molecule has 2 aromatic carbocycles. The zero-order valence-corrected chi connectivity index (χ0v) is 14.0. The van der Waals surface area contributed by atoms with E-state index in [1.54, 1.807) is 31.4 Å². The van der Waals surface area contributed by atoms with Crippen molar-refractivity contribution in [3.05, 3.63) is 59.7 Å². The monoisotopic (exact) mass is 326 g/mol. The molecule has 0 aliphatic rings. The maximum absolute atomic E-state index is 11.9. The molecule has 5 heteroatoms. The highest BCUT2D eigenvalue weighted by molar-refractivity contribution is 5.97. The molecule has 24 heavy (non-hydrogen) atoms. The van der Waals surface area contributed by atoms with Crippen molar-refractivity contribution in [1.82, 2.24) is 5.32 Å². The van der Waals surface area contributed by atoms with Gasteiger partial charge in [0.15, 0.2) is 5.78 Å². The van der Waals surface area contributed by atoms with Crippen molar-refractivity contribution >= 4 is 17.4 Å². The predicted molar refractivity (Wildman–Crippen MR) is 94.6 cm³/mol. The van der Waals surface area contributed by atoms with Crippen LogP contribution >= 0.6 is 0 Å². The first-order valence-electron chi connectivity index (χ1n) is 7.83. The number of carbonyl (C=O) groups excluding carboxylic acids is 2. The van der Waals surface area contributed by atoms with Crippen LogP contribution in [0.3, 0.4) is 0 Å². The average molecular weight is 326 g/mol. The number of ether oxygens (including phenoxy) is 1. The maximum atomic E-state index is 11.9. The molecule has 5 nitrogen and oxygen atoms in total. The Morgan fingerprint density at radius 1 is 1.08 bits per heavy atom. The minimum atomic E-state index is -0.134. The Balaban J connectivity index is 1.73. The van der Waals surface area contributed by atoms with E-state index in [4.69, 9.17) is 4.74 Å². The van der Waals surface area contributed by atoms with Crippen LogP contribution in [0.4, 0.5) is 5.69 Å². The van der Waals surface area contributed by atoms with E-state index in [0.29, 0.717) is 17.8 Å². The van der Waals surface area contributed by atoms with Crippen LogP contribution in [0.2, 0.25) is 0 Å². The molecule has 2 rings (SSSR count). The summed E-state index contributed by atoms with van der Waals surface area (Å²) >= 11 is 0. The number of anilines is 1. The van der Waals surface area contributed by atoms with Gasteiger partial charge in [-0.2, -0.15) is 0 Å². The summed E-state index contributed by atoms with van der Waals surface area (Å²) in [5, 5.41) is 5.89. The lowest BCUT2D eigenvalue weighted by Gasteiger charge is -2.08. The second kappa shape index (κ2) is 8.84. The van der Waals surface area contributed by atoms with Gasteiger partial charge < -0.3 is 15.4 Å². The second-order valence-corrected chi connectivity index (χ2v) is 5.46. The summed E-state index contributed by atoms with van der Waals surface area (Å²) in [7, 11) is 1.64. The van der Waals surface area contributed by atoms with Crippen molar-refractivity contribution in [3.8, 4) is 5.75 Å². The molecule has 0 bridgehead atoms. The van der Waals surface area contributed by atoms with E-state index in [2.05, 4.69) is 10.6 Å². The zero-order valence-electron chi connectivity index (χ0n) is 14.0. The van der Waals surface area contributed by atoms with E-state index in [0.717, 1.165) is 12.2 Å². The molecule has 1 amide bonds. The van der Waals surface area contributed by atoms with Gasteiger partial charge in [-0.15, -0.1) is 0 Å². The van der Waals surface area contributed by atoms with Gasteiger partial charge in [-0.1, -0.05) is 24.3 Å². The molecule has 0 saturated heterocycles. The van der Waals surface area contributed by atoms with Crippen LogP contribution in [0.1, 0.15) is 22.8 Å². The molecule has 0 saturated carbocycles. The molecule has 0 fully saturated rings. The smallest absolute Gasteiger partial charge is 0.238 e. The topological polar surface area (TPSA) is 67.4 Å². The number of benzene rings is 2. The average Bonchev–Trinajstić information content (AvgIpc) is 2.59. The van der Waals surface area contributed by atoms with Crippen molar-refractivity contribution in [2.75, 3.05) is 25.5 Å². The Labute approximate surface area is 142 Å². The Hall–Kier alpha value is -2.66. The SMILES string of the molecule is COc1ccc(CCNCC(=O)Nc2cccc(C(C)=O)c2)cc1. The number of hydrogen-bond donors (Lipinski definition) is 2. The van der Waals surface area contributed by atoms with E-state index in [-0.39, 0.29) is 18.2 Å². The van der Waals surface area contributed by atoms with Gasteiger partial charge in [0.25, 0.3) is 0 Å². The van der Waals surface area contributed by atoms with Crippen molar-refractivity contribution < 1.29 is 14.3 Å². The highest BCUT2D eigenvalue weighted by Gasteiger charge is 2.04. The molecule has 0 spiro atoms. The molecule has 0 aliphatic carbocycles. The maximum Gasteiger partial charge on any atom is 0.238 e. The van der Waals surface area contributed by atoms with Crippen LogP contribution in [0.15, 0.2) is 48.5 Å². The number of methoxy groups -OCH3 is 1. The first-order valence-corrected chi connectivity index (χ1v) is 7.83. The van der Waals surface area contributed by atoms with Crippen LogP contribution in [-0.4, -0.2) is 31.9 Å². The van der Waals surface area contributed by atoms with Gasteiger partial charge in [-0.25, -0.2) is 0 Å². The molecular formula is C19H22N2O3. The largest absolute Gasteiger partial charge is 0.497 e. The number of ketones is 1. The lowest BCUT2D eigenvalue weighted by atomic mass is 10.1. The van der Waals surface area contributed by atoms with Crippen LogP contribution in [0.25, 0.3) is 0 Å². The summed E-state index contributed by atoms with van der Waals surface area (Å²) in [6.07, 6.45) is 0.830. The van der Waals surface area contributed by atoms with Gasteiger partial charge in [0, 0.05) is 11.3 Å². The van der Waals surface area contributed by atoms with Gasteiger partial charge in [0.2, 0.25) is 5.91 Å². The van der Waals surface area contributed by atoms with Gasteiger partial charge in [-0.05, 0) is 49.7 Å². The third-order valence-electron chi connectivity index (χ3n) is 3.59. The Bertz CT molecular complexity index is 696. The molecule has 2 aromatic rings. The van der Waals surface area contributed by atoms with E-state index in [9.17, 15) is 9.59 Å². The van der Waals surface area contributed by atoms with Crippen LogP contribution in [0, 0.1) is 0 Å². The van der Waals surface area contributed by atoms with Crippen LogP contribution < -0.4 is 15.4 Å². The molecule has 0 heterocycles. The quantitative estimate of drug-likeness (QED) is 0.578. The van der Waals surface area contributed by atoms with Gasteiger partial charge in [0.1, 0.15) is 5.75 Å². The third kappa shape index (κ3) is 5.52. The summed E-state index contributed by atoms with van der Waals surface area (Å²) in [5.74, 6) is 0.674. The number of nitrogens with one attached hydrogen (secondary N) is 2. The molecule has 0 radical (unpaired) electrons. The van der Waals surface area contributed by atoms with Gasteiger partial charge in [-0.3, -0.25) is 9.59 Å². The summed E-state index contributed by atoms with van der Waals surface area (Å²) in [5.41, 5.74) is 2.39. The molecule has 2 N–H and O–H groups in total. The van der Waals surface area contributed by atoms with E-state index >= 15 is 0 Å². The van der Waals surface area contributed by atoms with Crippen molar-refractivity contribution in [3.63, 3.8) is 0 Å². The molecule has 0 aliphatic heterocycles. The van der Waals surface area contributed by atoms with Crippen molar-refractivity contribution in [1.29, 1.82) is 0 Å². The number of amides is 1. The molecule has 0 atom stereocenters. The first kappa shape index (κ1) is 17.7. The van der Waals surface area contributed by atoms with E-state index in [1.807, 2.05) is 24.3 Å². The summed E-state index contributed by atoms with van der Waals surface area (Å²) in [6, 6.07) is 14.8. The fraction of sp³-hybridized carbons (Fsp3) is 0.263. The van der Waals surface area contributed by atoms with Crippen LogP contribution in [0.5, 0.6) is 5.75 Å². The fourth-order valence-corrected chi connectivity index (χ4v) is 2.25. The summed E-state index contributed by atoms with van der Waals surface area (Å²) in [4.78, 5) is 23.2. The van der Waals surface area contributed by atoms with E-state index in [1.165, 1.54) is 12.5 Å². The van der Waals surface area contributed by atoms with E-state index < -0.39 is 0 Å². The minimum absolute atomic E-state index is 0.0243. The lowest BCUT2D eigenvalue weighted by molar-refractivity contribution is -0.115. The summed E-state index contributed by atoms with van der Waals surface area (Å²) < 4.78 is 5.12. The van der Waals surface area contributed by atoms with Crippen molar-refractivity contribution in [2.24, 2.45) is 0 Å². The molecular weight excluding hydrogens is 304 g/mol. The Kier molecular flexibility index (Phi) is 6.51. The fourth-order valence-electron chi connectivity index (χ4n) is 2.25. The van der Waals surface area contributed by atoms with Gasteiger partial charge in [0.05, 0.1) is 13.7 Å². The second-order valence-electron chi connectivity index (χ2n) is 5.46. The molecule has 126 valence electrons. The number of hydrogen-bond acceptors (Lipinski definition) is 4. The highest BCUT2D eigenvalue weighted by Crippen LogP contribution is 2.12. The van der Waals surface area contributed by atoms with Crippen LogP contribution in [-0.2, 0) is 11.2 Å². The summed E-state index contributed by atoms with van der Waals surface area (Å²) in [6.45, 7) is 2.43. The molecule has 0 aromatic heterocycles. The standard InChI is InChI=1S/C19H22N2O3/c1-14(22)16-4-3-5-17(12-16)21-19(23)13-20-11-10-15-6-8-18(24-2)9-7-15/h3-9,12,20H,10-11,13H2,1-2H3,(H,21,23). The Morgan fingerprint density at radius 3 is 2.50 bits per heavy atom. The lowest BCUT2D eigenvalue weighted by Crippen LogP contribution is -2.29. The third-order valence-corrected chi connectivity index (χ3v) is 3.59. The number of Topliss-reactive ketones (excluding diaryl/α,β-unsaturated/α-hetero) is 1. The predicted octanol–water partition coefficient (Wildman–Crippen LogP) is 2.67.